The van der Waals surface area contributed by atoms with Crippen molar-refractivity contribution in [3.05, 3.63) is 35.9 Å². The number of carbonyl (C=O) groups excluding carboxylic acids is 2. The van der Waals surface area contributed by atoms with Gasteiger partial charge in [-0.2, -0.15) is 0 Å². The minimum Gasteiger partial charge on any atom is -0.385 e. The molecule has 0 radical (unpaired) electrons. The van der Waals surface area contributed by atoms with Gasteiger partial charge in [-0.3, -0.25) is 14.5 Å². The molecule has 0 aromatic heterocycles. The molecule has 1 heterocycles. The van der Waals surface area contributed by atoms with Crippen LogP contribution in [0.2, 0.25) is 0 Å². The zero-order chi connectivity index (χ0) is 21.6. The van der Waals surface area contributed by atoms with Crippen molar-refractivity contribution in [1.29, 1.82) is 0 Å². The van der Waals surface area contributed by atoms with Gasteiger partial charge in [0, 0.05) is 51.7 Å². The molecule has 3 rings (SSSR count). The molecule has 1 saturated heterocycles. The van der Waals surface area contributed by atoms with Crippen molar-refractivity contribution < 1.29 is 14.3 Å². The van der Waals surface area contributed by atoms with Crippen LogP contribution in [0.15, 0.2) is 30.3 Å². The third-order valence-corrected chi connectivity index (χ3v) is 7.17. The molecule has 0 atom stereocenters. The molecule has 6 nitrogen and oxygen atoms in total. The van der Waals surface area contributed by atoms with Gasteiger partial charge in [0.2, 0.25) is 11.8 Å². The molecule has 1 aromatic carbocycles. The van der Waals surface area contributed by atoms with E-state index in [1.807, 2.05) is 4.90 Å². The van der Waals surface area contributed by atoms with Gasteiger partial charge in [0.15, 0.2) is 0 Å². The van der Waals surface area contributed by atoms with Crippen molar-refractivity contribution in [1.82, 2.24) is 15.1 Å². The van der Waals surface area contributed by atoms with Gasteiger partial charge >= 0.3 is 0 Å². The van der Waals surface area contributed by atoms with Crippen molar-refractivity contribution in [2.45, 2.75) is 50.5 Å². The Balaban J connectivity index is 1.54. The summed E-state index contributed by atoms with van der Waals surface area (Å²) in [5.41, 5.74) is 1.49. The van der Waals surface area contributed by atoms with Gasteiger partial charge in [0.25, 0.3) is 0 Å². The summed E-state index contributed by atoms with van der Waals surface area (Å²) in [6, 6.07) is 10.8. The molecule has 1 aliphatic carbocycles. The first kappa shape index (κ1) is 22.8. The minimum atomic E-state index is 0.0131. The van der Waals surface area contributed by atoms with Crippen LogP contribution in [0.4, 0.5) is 0 Å². The molecule has 30 heavy (non-hydrogen) atoms. The molecule has 1 saturated carbocycles. The van der Waals surface area contributed by atoms with Gasteiger partial charge < -0.3 is 15.0 Å². The van der Waals surface area contributed by atoms with E-state index in [9.17, 15) is 9.59 Å². The molecular weight excluding hydrogens is 378 g/mol. The average molecular weight is 416 g/mol. The van der Waals surface area contributed by atoms with E-state index in [-0.39, 0.29) is 22.8 Å². The molecule has 1 aliphatic heterocycles. The SMILES string of the molecule is COCCCNC(=O)CCN1CC2(CCC(c3ccccc3)(N(C)C)CC2)CC1=O. The van der Waals surface area contributed by atoms with E-state index in [1.54, 1.807) is 7.11 Å². The molecule has 1 N–H and O–H groups in total. The summed E-state index contributed by atoms with van der Waals surface area (Å²) in [6.45, 7) is 2.58. The molecule has 2 aliphatic rings. The van der Waals surface area contributed by atoms with Crippen molar-refractivity contribution in [2.24, 2.45) is 5.41 Å². The van der Waals surface area contributed by atoms with E-state index in [0.29, 0.717) is 32.5 Å². The Labute approximate surface area is 180 Å². The van der Waals surface area contributed by atoms with E-state index in [1.165, 1.54) is 5.56 Å². The summed E-state index contributed by atoms with van der Waals surface area (Å²) in [4.78, 5) is 29.0. The van der Waals surface area contributed by atoms with Crippen molar-refractivity contribution in [2.75, 3.05) is 47.4 Å². The lowest BCUT2D eigenvalue weighted by Crippen LogP contribution is -2.47. The molecule has 0 bridgehead atoms. The Bertz CT molecular complexity index is 712. The van der Waals surface area contributed by atoms with Crippen LogP contribution in [0.25, 0.3) is 0 Å². The number of hydrogen-bond acceptors (Lipinski definition) is 4. The zero-order valence-corrected chi connectivity index (χ0v) is 18.8. The normalized spacial score (nSPS) is 26.5. The third kappa shape index (κ3) is 5.03. The Morgan fingerprint density at radius 1 is 1.17 bits per heavy atom. The fourth-order valence-corrected chi connectivity index (χ4v) is 5.23. The molecule has 166 valence electrons. The largest absolute Gasteiger partial charge is 0.385 e. The maximum atomic E-state index is 12.7. The van der Waals surface area contributed by atoms with E-state index in [4.69, 9.17) is 4.74 Å². The number of likely N-dealkylation sites (tertiary alicyclic amines) is 1. The lowest BCUT2D eigenvalue weighted by atomic mass is 9.64. The number of ether oxygens (including phenoxy) is 1. The standard InChI is InChI=1S/C24H37N3O3/c1-26(2)24(20-8-5-4-6-9-20)13-11-23(12-14-24)18-22(29)27(19-23)16-10-21(28)25-15-7-17-30-3/h4-6,8-9H,7,10-19H2,1-3H3,(H,25,28). The van der Waals surface area contributed by atoms with E-state index in [0.717, 1.165) is 38.6 Å². The van der Waals surface area contributed by atoms with Gasteiger partial charge in [-0.05, 0) is 57.2 Å². The number of amides is 2. The third-order valence-electron chi connectivity index (χ3n) is 7.17. The quantitative estimate of drug-likeness (QED) is 0.630. The van der Waals surface area contributed by atoms with Gasteiger partial charge in [0.05, 0.1) is 0 Å². The summed E-state index contributed by atoms with van der Waals surface area (Å²) in [7, 11) is 6.00. The second-order valence-corrected chi connectivity index (χ2v) is 9.23. The first-order chi connectivity index (χ1) is 14.4. The Morgan fingerprint density at radius 3 is 2.50 bits per heavy atom. The first-order valence-electron chi connectivity index (χ1n) is 11.2. The summed E-state index contributed by atoms with van der Waals surface area (Å²) in [5, 5.41) is 2.91. The highest BCUT2D eigenvalue weighted by atomic mass is 16.5. The maximum Gasteiger partial charge on any atom is 0.223 e. The van der Waals surface area contributed by atoms with Crippen LogP contribution < -0.4 is 5.32 Å². The molecule has 1 spiro atoms. The molecule has 0 unspecified atom stereocenters. The topological polar surface area (TPSA) is 61.9 Å². The van der Waals surface area contributed by atoms with Crippen LogP contribution in [-0.2, 0) is 19.9 Å². The number of nitrogens with zero attached hydrogens (tertiary/aromatic N) is 2. The van der Waals surface area contributed by atoms with Gasteiger partial charge in [-0.25, -0.2) is 0 Å². The lowest BCUT2D eigenvalue weighted by molar-refractivity contribution is -0.128. The summed E-state index contributed by atoms with van der Waals surface area (Å²) in [6.07, 6.45) is 6.03. The molecular formula is C24H37N3O3. The number of nitrogens with one attached hydrogen (secondary N) is 1. The average Bonchev–Trinajstić information content (AvgIpc) is 3.06. The second kappa shape index (κ2) is 9.92. The summed E-state index contributed by atoms with van der Waals surface area (Å²) in [5.74, 6) is 0.221. The van der Waals surface area contributed by atoms with Crippen molar-refractivity contribution in [3.8, 4) is 0 Å². The van der Waals surface area contributed by atoms with Crippen LogP contribution in [-0.4, -0.2) is 69.1 Å². The van der Waals surface area contributed by atoms with Gasteiger partial charge in [-0.15, -0.1) is 0 Å². The number of methoxy groups -OCH3 is 1. The van der Waals surface area contributed by atoms with Crippen LogP contribution in [0.3, 0.4) is 0 Å². The van der Waals surface area contributed by atoms with E-state index in [2.05, 4.69) is 54.6 Å². The predicted octanol–water partition coefficient (Wildman–Crippen LogP) is 2.78. The van der Waals surface area contributed by atoms with E-state index >= 15 is 0 Å². The number of benzene rings is 1. The van der Waals surface area contributed by atoms with Crippen LogP contribution in [0.1, 0.15) is 50.5 Å². The maximum absolute atomic E-state index is 12.7. The van der Waals surface area contributed by atoms with Crippen LogP contribution in [0, 0.1) is 5.41 Å². The fraction of sp³-hybridized carbons (Fsp3) is 0.667. The Hall–Kier alpha value is -1.92. The summed E-state index contributed by atoms with van der Waals surface area (Å²) >= 11 is 0. The number of carbonyl (C=O) groups is 2. The Morgan fingerprint density at radius 2 is 1.87 bits per heavy atom. The highest BCUT2D eigenvalue weighted by Crippen LogP contribution is 2.52. The molecule has 2 amide bonds. The first-order valence-corrected chi connectivity index (χ1v) is 11.2. The van der Waals surface area contributed by atoms with Crippen LogP contribution >= 0.6 is 0 Å². The Kier molecular flexibility index (Phi) is 7.53. The second-order valence-electron chi connectivity index (χ2n) is 9.23. The predicted molar refractivity (Wildman–Crippen MR) is 118 cm³/mol. The van der Waals surface area contributed by atoms with Crippen molar-refractivity contribution in [3.63, 3.8) is 0 Å². The van der Waals surface area contributed by atoms with E-state index < -0.39 is 0 Å². The van der Waals surface area contributed by atoms with Gasteiger partial charge in [-0.1, -0.05) is 30.3 Å². The summed E-state index contributed by atoms with van der Waals surface area (Å²) < 4.78 is 4.99. The molecule has 6 heteroatoms. The van der Waals surface area contributed by atoms with Gasteiger partial charge in [0.1, 0.15) is 0 Å². The zero-order valence-electron chi connectivity index (χ0n) is 18.8. The number of rotatable bonds is 9. The lowest BCUT2D eigenvalue weighted by Gasteiger charge is -2.48. The fourth-order valence-electron chi connectivity index (χ4n) is 5.23. The monoisotopic (exact) mass is 415 g/mol. The van der Waals surface area contributed by atoms with Crippen molar-refractivity contribution >= 4 is 11.8 Å². The van der Waals surface area contributed by atoms with Crippen LogP contribution in [0.5, 0.6) is 0 Å². The smallest absolute Gasteiger partial charge is 0.223 e. The number of hydrogen-bond donors (Lipinski definition) is 1. The minimum absolute atomic E-state index is 0.0131. The highest BCUT2D eigenvalue weighted by Gasteiger charge is 2.50. The highest BCUT2D eigenvalue weighted by molar-refractivity contribution is 5.81. The molecule has 2 fully saturated rings. The molecule has 1 aromatic rings.